The van der Waals surface area contributed by atoms with Crippen LogP contribution in [-0.2, 0) is 6.42 Å². The molecular weight excluding hydrogens is 285 g/mol. The molecule has 1 aromatic heterocycles. The molecule has 1 atom stereocenters. The number of hydrogen-bond donors (Lipinski definition) is 2. The first-order valence-electron chi connectivity index (χ1n) is 7.10. The van der Waals surface area contributed by atoms with Crippen LogP contribution in [0.25, 0.3) is 0 Å². The number of carboxylic acid groups (broad SMARTS) is 1. The molecule has 2 aromatic rings. The average molecular weight is 303 g/mol. The Hall–Kier alpha value is -2.50. The molecule has 0 saturated heterocycles. The van der Waals surface area contributed by atoms with Gasteiger partial charge in [0.25, 0.3) is 0 Å². The summed E-state index contributed by atoms with van der Waals surface area (Å²) < 4.78 is 12.9. The zero-order valence-corrected chi connectivity index (χ0v) is 12.5. The van der Waals surface area contributed by atoms with E-state index >= 15 is 0 Å². The number of halogens is 1. The van der Waals surface area contributed by atoms with Crippen molar-refractivity contribution in [3.8, 4) is 0 Å². The van der Waals surface area contributed by atoms with E-state index in [1.165, 1.54) is 18.2 Å². The number of rotatable bonds is 6. The van der Waals surface area contributed by atoms with Crippen LogP contribution in [0.1, 0.15) is 42.1 Å². The lowest BCUT2D eigenvalue weighted by molar-refractivity contribution is 0.0690. The summed E-state index contributed by atoms with van der Waals surface area (Å²) in [5, 5.41) is 12.3. The molecule has 2 rings (SSSR count). The third-order valence-corrected chi connectivity index (χ3v) is 3.27. The summed E-state index contributed by atoms with van der Waals surface area (Å²) in [6.07, 6.45) is 1.23. The number of aromatic nitrogens is 2. The molecule has 2 N–H and O–H groups in total. The molecule has 22 heavy (non-hydrogen) atoms. The number of aromatic carboxylic acids is 1. The second-order valence-corrected chi connectivity index (χ2v) is 5.12. The van der Waals surface area contributed by atoms with Gasteiger partial charge in [0.15, 0.2) is 5.69 Å². The van der Waals surface area contributed by atoms with E-state index in [2.05, 4.69) is 15.3 Å². The van der Waals surface area contributed by atoms with E-state index < -0.39 is 5.97 Å². The van der Waals surface area contributed by atoms with Crippen molar-refractivity contribution in [2.45, 2.75) is 32.7 Å². The Morgan fingerprint density at radius 3 is 2.59 bits per heavy atom. The number of anilines is 1. The smallest absolute Gasteiger partial charge is 0.354 e. The molecule has 0 aliphatic heterocycles. The molecule has 0 saturated carbocycles. The van der Waals surface area contributed by atoms with Crippen LogP contribution in [0.4, 0.5) is 10.2 Å². The van der Waals surface area contributed by atoms with Crippen LogP contribution in [-0.4, -0.2) is 27.1 Å². The molecule has 1 heterocycles. The fourth-order valence-electron chi connectivity index (χ4n) is 1.90. The minimum absolute atomic E-state index is 0.0575. The van der Waals surface area contributed by atoms with Gasteiger partial charge in [0.1, 0.15) is 17.5 Å². The van der Waals surface area contributed by atoms with Gasteiger partial charge in [0, 0.05) is 18.5 Å². The molecule has 116 valence electrons. The van der Waals surface area contributed by atoms with E-state index in [1.807, 2.05) is 13.8 Å². The summed E-state index contributed by atoms with van der Waals surface area (Å²) in [5.41, 5.74) is 0.761. The fraction of sp³-hybridized carbons (Fsp3) is 0.312. The van der Waals surface area contributed by atoms with Crippen LogP contribution in [0.3, 0.4) is 0 Å². The van der Waals surface area contributed by atoms with Crippen molar-refractivity contribution in [3.05, 3.63) is 53.2 Å². The number of carbonyl (C=O) groups is 1. The van der Waals surface area contributed by atoms with Gasteiger partial charge in [-0.25, -0.2) is 19.2 Å². The SMILES string of the molecule is CCC(C)Nc1cc(C(=O)O)nc(Cc2ccc(F)cc2)n1. The lowest BCUT2D eigenvalue weighted by Crippen LogP contribution is -2.17. The minimum atomic E-state index is -1.10. The molecule has 0 spiro atoms. The summed E-state index contributed by atoms with van der Waals surface area (Å²) in [6, 6.07) is 7.57. The maximum atomic E-state index is 12.9. The Kier molecular flexibility index (Phi) is 5.04. The van der Waals surface area contributed by atoms with Crippen molar-refractivity contribution in [2.75, 3.05) is 5.32 Å². The molecule has 0 aliphatic rings. The third-order valence-electron chi connectivity index (χ3n) is 3.27. The summed E-state index contributed by atoms with van der Waals surface area (Å²) in [7, 11) is 0. The maximum Gasteiger partial charge on any atom is 0.354 e. The summed E-state index contributed by atoms with van der Waals surface area (Å²) in [4.78, 5) is 19.6. The normalized spacial score (nSPS) is 12.0. The highest BCUT2D eigenvalue weighted by molar-refractivity contribution is 5.86. The monoisotopic (exact) mass is 303 g/mol. The molecule has 1 unspecified atom stereocenters. The molecule has 6 heteroatoms. The fourth-order valence-corrected chi connectivity index (χ4v) is 1.90. The van der Waals surface area contributed by atoms with Crippen molar-refractivity contribution >= 4 is 11.8 Å². The second-order valence-electron chi connectivity index (χ2n) is 5.12. The molecular formula is C16H18FN3O2. The van der Waals surface area contributed by atoms with Crippen LogP contribution in [0.2, 0.25) is 0 Å². The molecule has 0 amide bonds. The van der Waals surface area contributed by atoms with E-state index in [-0.39, 0.29) is 17.6 Å². The Morgan fingerprint density at radius 2 is 2.00 bits per heavy atom. The van der Waals surface area contributed by atoms with Gasteiger partial charge in [0.2, 0.25) is 0 Å². The lowest BCUT2D eigenvalue weighted by Gasteiger charge is -2.13. The second kappa shape index (κ2) is 6.98. The largest absolute Gasteiger partial charge is 0.477 e. The van der Waals surface area contributed by atoms with Crippen LogP contribution >= 0.6 is 0 Å². The summed E-state index contributed by atoms with van der Waals surface area (Å²) >= 11 is 0. The number of carboxylic acids is 1. The lowest BCUT2D eigenvalue weighted by atomic mass is 10.1. The summed E-state index contributed by atoms with van der Waals surface area (Å²) in [6.45, 7) is 4.01. The first-order valence-corrected chi connectivity index (χ1v) is 7.10. The van der Waals surface area contributed by atoms with Crippen molar-refractivity contribution in [3.63, 3.8) is 0 Å². The Morgan fingerprint density at radius 1 is 1.32 bits per heavy atom. The maximum absolute atomic E-state index is 12.9. The van der Waals surface area contributed by atoms with Crippen molar-refractivity contribution in [2.24, 2.45) is 0 Å². The van der Waals surface area contributed by atoms with Crippen molar-refractivity contribution in [1.82, 2.24) is 9.97 Å². The first kappa shape index (κ1) is 15.9. The Balaban J connectivity index is 2.28. The minimum Gasteiger partial charge on any atom is -0.477 e. The van der Waals surface area contributed by atoms with Gasteiger partial charge in [-0.3, -0.25) is 0 Å². The Bertz CT molecular complexity index is 659. The van der Waals surface area contributed by atoms with Crippen LogP contribution < -0.4 is 5.32 Å². The molecule has 5 nitrogen and oxygen atoms in total. The average Bonchev–Trinajstić information content (AvgIpc) is 2.49. The third kappa shape index (κ3) is 4.25. The molecule has 0 radical (unpaired) electrons. The zero-order valence-electron chi connectivity index (χ0n) is 12.5. The Labute approximate surface area is 128 Å². The van der Waals surface area contributed by atoms with E-state index in [0.29, 0.717) is 18.1 Å². The molecule has 0 fully saturated rings. The van der Waals surface area contributed by atoms with Gasteiger partial charge in [-0.15, -0.1) is 0 Å². The highest BCUT2D eigenvalue weighted by Crippen LogP contribution is 2.13. The molecule has 0 bridgehead atoms. The summed E-state index contributed by atoms with van der Waals surface area (Å²) in [5.74, 6) is -0.547. The topological polar surface area (TPSA) is 75.1 Å². The number of nitrogens with one attached hydrogen (secondary N) is 1. The highest BCUT2D eigenvalue weighted by atomic mass is 19.1. The van der Waals surface area contributed by atoms with Gasteiger partial charge >= 0.3 is 5.97 Å². The van der Waals surface area contributed by atoms with Crippen molar-refractivity contribution < 1.29 is 14.3 Å². The van der Waals surface area contributed by atoms with Gasteiger partial charge in [-0.05, 0) is 31.0 Å². The zero-order chi connectivity index (χ0) is 16.1. The standard InChI is InChI=1S/C16H18FN3O2/c1-3-10(2)18-15-9-13(16(21)22)19-14(20-15)8-11-4-6-12(17)7-5-11/h4-7,9-10H,3,8H2,1-2H3,(H,21,22)(H,18,19,20). The predicted octanol–water partition coefficient (Wildman–Crippen LogP) is 3.12. The van der Waals surface area contributed by atoms with E-state index in [9.17, 15) is 9.18 Å². The number of hydrogen-bond acceptors (Lipinski definition) is 4. The van der Waals surface area contributed by atoms with Crippen LogP contribution in [0.5, 0.6) is 0 Å². The first-order chi connectivity index (χ1) is 10.5. The quantitative estimate of drug-likeness (QED) is 0.857. The van der Waals surface area contributed by atoms with Gasteiger partial charge < -0.3 is 10.4 Å². The van der Waals surface area contributed by atoms with Gasteiger partial charge in [-0.1, -0.05) is 19.1 Å². The number of nitrogens with zero attached hydrogens (tertiary/aromatic N) is 2. The van der Waals surface area contributed by atoms with E-state index in [1.54, 1.807) is 12.1 Å². The number of benzene rings is 1. The van der Waals surface area contributed by atoms with Gasteiger partial charge in [-0.2, -0.15) is 0 Å². The van der Waals surface area contributed by atoms with E-state index in [0.717, 1.165) is 12.0 Å². The van der Waals surface area contributed by atoms with E-state index in [4.69, 9.17) is 5.11 Å². The van der Waals surface area contributed by atoms with Crippen molar-refractivity contribution in [1.29, 1.82) is 0 Å². The van der Waals surface area contributed by atoms with Crippen LogP contribution in [0, 0.1) is 5.82 Å². The molecule has 0 aliphatic carbocycles. The highest BCUT2D eigenvalue weighted by Gasteiger charge is 2.12. The van der Waals surface area contributed by atoms with Crippen LogP contribution in [0.15, 0.2) is 30.3 Å². The van der Waals surface area contributed by atoms with Gasteiger partial charge in [0.05, 0.1) is 0 Å². The predicted molar refractivity (Wildman–Crippen MR) is 81.6 cm³/mol. The molecule has 1 aromatic carbocycles.